The van der Waals surface area contributed by atoms with E-state index in [9.17, 15) is 13.2 Å². The van der Waals surface area contributed by atoms with Gasteiger partial charge in [-0.3, -0.25) is 4.79 Å². The van der Waals surface area contributed by atoms with E-state index in [0.29, 0.717) is 25.2 Å². The summed E-state index contributed by atoms with van der Waals surface area (Å²) < 4.78 is 28.1. The van der Waals surface area contributed by atoms with Crippen LogP contribution in [0.25, 0.3) is 0 Å². The van der Waals surface area contributed by atoms with Crippen LogP contribution in [-0.4, -0.2) is 38.1 Å². The number of hydrogen-bond acceptors (Lipinski definition) is 4. The van der Waals surface area contributed by atoms with Gasteiger partial charge in [-0.1, -0.05) is 43.3 Å². The number of carbonyl (C=O) groups is 1. The molecule has 3 rings (SSSR count). The lowest BCUT2D eigenvalue weighted by atomic mass is 10.0. The summed E-state index contributed by atoms with van der Waals surface area (Å²) in [5.41, 5.74) is 2.60. The van der Waals surface area contributed by atoms with Gasteiger partial charge in [0, 0.05) is 25.2 Å². The highest BCUT2D eigenvalue weighted by Gasteiger charge is 2.34. The summed E-state index contributed by atoms with van der Waals surface area (Å²) in [5.74, 6) is -0.144. The van der Waals surface area contributed by atoms with Gasteiger partial charge >= 0.3 is 0 Å². The number of nitrogens with zero attached hydrogens (tertiary/aromatic N) is 1. The summed E-state index contributed by atoms with van der Waals surface area (Å²) >= 11 is 0. The quantitative estimate of drug-likeness (QED) is 0.820. The van der Waals surface area contributed by atoms with Crippen LogP contribution in [0.1, 0.15) is 41.4 Å². The maximum Gasteiger partial charge on any atom is 0.243 e. The van der Waals surface area contributed by atoms with Gasteiger partial charge in [-0.15, -0.1) is 0 Å². The van der Waals surface area contributed by atoms with Gasteiger partial charge in [-0.2, -0.15) is 4.31 Å². The molecule has 0 saturated carbocycles. The first-order valence-corrected chi connectivity index (χ1v) is 10.3. The number of aryl methyl sites for hydroxylation is 1. The highest BCUT2D eigenvalue weighted by molar-refractivity contribution is 7.89. The molecule has 0 bridgehead atoms. The molecule has 1 heterocycles. The minimum Gasteiger partial charge on any atom is -0.313 e. The standard InChI is InChI=1S/C20H24N2O3S/c1-3-16-7-9-17(10-8-16)20-14-21-11-12-22(20)26(24,25)19-6-4-5-18(13-19)15(2)23/h4-10,13,20-21H,3,11-12,14H2,1-2H3. The zero-order chi connectivity index (χ0) is 18.7. The molecular formula is C20H24N2O3S. The van der Waals surface area contributed by atoms with E-state index in [1.807, 2.05) is 24.3 Å². The van der Waals surface area contributed by atoms with Crippen molar-refractivity contribution in [2.45, 2.75) is 31.2 Å². The van der Waals surface area contributed by atoms with Gasteiger partial charge < -0.3 is 5.32 Å². The van der Waals surface area contributed by atoms with Gasteiger partial charge in [0.15, 0.2) is 5.78 Å². The molecule has 2 aromatic carbocycles. The molecule has 0 radical (unpaired) electrons. The predicted molar refractivity (Wildman–Crippen MR) is 102 cm³/mol. The molecule has 0 aliphatic carbocycles. The summed E-state index contributed by atoms with van der Waals surface area (Å²) in [6, 6.07) is 14.1. The van der Waals surface area contributed by atoms with E-state index < -0.39 is 10.0 Å². The van der Waals surface area contributed by atoms with Crippen LogP contribution in [0.15, 0.2) is 53.4 Å². The zero-order valence-electron chi connectivity index (χ0n) is 15.1. The highest BCUT2D eigenvalue weighted by atomic mass is 32.2. The molecule has 138 valence electrons. The van der Waals surface area contributed by atoms with E-state index >= 15 is 0 Å². The van der Waals surface area contributed by atoms with Gasteiger partial charge in [-0.05, 0) is 36.6 Å². The molecular weight excluding hydrogens is 348 g/mol. The number of benzene rings is 2. The summed E-state index contributed by atoms with van der Waals surface area (Å²) in [6.07, 6.45) is 0.947. The van der Waals surface area contributed by atoms with E-state index in [1.165, 1.54) is 18.6 Å². The first kappa shape index (κ1) is 18.8. The molecule has 5 nitrogen and oxygen atoms in total. The van der Waals surface area contributed by atoms with E-state index in [0.717, 1.165) is 12.0 Å². The highest BCUT2D eigenvalue weighted by Crippen LogP contribution is 2.29. The topological polar surface area (TPSA) is 66.5 Å². The van der Waals surface area contributed by atoms with E-state index in [-0.39, 0.29) is 16.7 Å². The number of Topliss-reactive ketones (excluding diaryl/α,β-unsaturated/α-hetero) is 1. The number of sulfonamides is 1. The molecule has 0 spiro atoms. The largest absolute Gasteiger partial charge is 0.313 e. The molecule has 1 aliphatic heterocycles. The molecule has 1 atom stereocenters. The van der Waals surface area contributed by atoms with Crippen LogP contribution in [-0.2, 0) is 16.4 Å². The Morgan fingerprint density at radius 2 is 1.92 bits per heavy atom. The maximum absolute atomic E-state index is 13.3. The Balaban J connectivity index is 1.97. The lowest BCUT2D eigenvalue weighted by Gasteiger charge is -2.35. The van der Waals surface area contributed by atoms with Crippen LogP contribution in [0, 0.1) is 0 Å². The smallest absolute Gasteiger partial charge is 0.243 e. The Kier molecular flexibility index (Phi) is 5.55. The van der Waals surface area contributed by atoms with Crippen LogP contribution in [0.4, 0.5) is 0 Å². The Morgan fingerprint density at radius 1 is 1.19 bits per heavy atom. The maximum atomic E-state index is 13.3. The number of piperazine rings is 1. The third-order valence-electron chi connectivity index (χ3n) is 4.81. The van der Waals surface area contributed by atoms with Crippen LogP contribution in [0.3, 0.4) is 0 Å². The Morgan fingerprint density at radius 3 is 2.58 bits per heavy atom. The van der Waals surface area contributed by atoms with E-state index in [1.54, 1.807) is 22.5 Å². The van der Waals surface area contributed by atoms with Crippen molar-refractivity contribution in [3.05, 3.63) is 65.2 Å². The second-order valence-electron chi connectivity index (χ2n) is 6.51. The van der Waals surface area contributed by atoms with Crippen LogP contribution in [0.5, 0.6) is 0 Å². The predicted octanol–water partition coefficient (Wildman–Crippen LogP) is 2.79. The van der Waals surface area contributed by atoms with Crippen molar-refractivity contribution in [1.82, 2.24) is 9.62 Å². The minimum atomic E-state index is -3.69. The molecule has 1 N–H and O–H groups in total. The molecule has 0 amide bonds. The first-order chi connectivity index (χ1) is 12.4. The van der Waals surface area contributed by atoms with Crippen LogP contribution >= 0.6 is 0 Å². The lowest BCUT2D eigenvalue weighted by Crippen LogP contribution is -2.48. The van der Waals surface area contributed by atoms with Crippen molar-refractivity contribution in [2.75, 3.05) is 19.6 Å². The van der Waals surface area contributed by atoms with E-state index in [4.69, 9.17) is 0 Å². The second-order valence-corrected chi connectivity index (χ2v) is 8.41. The molecule has 6 heteroatoms. The fourth-order valence-electron chi connectivity index (χ4n) is 3.24. The van der Waals surface area contributed by atoms with Crippen molar-refractivity contribution in [3.8, 4) is 0 Å². The first-order valence-electron chi connectivity index (χ1n) is 8.86. The van der Waals surface area contributed by atoms with Crippen molar-refractivity contribution in [2.24, 2.45) is 0 Å². The third-order valence-corrected chi connectivity index (χ3v) is 6.72. The van der Waals surface area contributed by atoms with Crippen molar-refractivity contribution in [1.29, 1.82) is 0 Å². The summed E-state index contributed by atoms with van der Waals surface area (Å²) in [4.78, 5) is 11.8. The molecule has 1 aliphatic rings. The van der Waals surface area contributed by atoms with Crippen LogP contribution < -0.4 is 5.32 Å². The average molecular weight is 372 g/mol. The summed E-state index contributed by atoms with van der Waals surface area (Å²) in [6.45, 7) is 5.10. The van der Waals surface area contributed by atoms with Gasteiger partial charge in [0.1, 0.15) is 0 Å². The second kappa shape index (κ2) is 7.70. The molecule has 1 fully saturated rings. The van der Waals surface area contributed by atoms with Crippen LogP contribution in [0.2, 0.25) is 0 Å². The van der Waals surface area contributed by atoms with Crippen molar-refractivity contribution >= 4 is 15.8 Å². The van der Waals surface area contributed by atoms with Crippen molar-refractivity contribution in [3.63, 3.8) is 0 Å². The monoisotopic (exact) mass is 372 g/mol. The fraction of sp³-hybridized carbons (Fsp3) is 0.350. The molecule has 1 saturated heterocycles. The lowest BCUT2D eigenvalue weighted by molar-refractivity contribution is 0.101. The minimum absolute atomic E-state index is 0.144. The number of rotatable bonds is 5. The molecule has 26 heavy (non-hydrogen) atoms. The number of ketones is 1. The van der Waals surface area contributed by atoms with Gasteiger partial charge in [0.25, 0.3) is 0 Å². The SMILES string of the molecule is CCc1ccc(C2CNCCN2S(=O)(=O)c2cccc(C(C)=O)c2)cc1. The fourth-order valence-corrected chi connectivity index (χ4v) is 4.90. The third kappa shape index (κ3) is 3.72. The summed E-state index contributed by atoms with van der Waals surface area (Å²) in [5, 5.41) is 3.28. The Hall–Kier alpha value is -2.02. The van der Waals surface area contributed by atoms with Crippen molar-refractivity contribution < 1.29 is 13.2 Å². The summed E-state index contributed by atoms with van der Waals surface area (Å²) in [7, 11) is -3.69. The van der Waals surface area contributed by atoms with E-state index in [2.05, 4.69) is 12.2 Å². The molecule has 0 aromatic heterocycles. The Bertz CT molecular complexity index is 892. The number of hydrogen-bond donors (Lipinski definition) is 1. The zero-order valence-corrected chi connectivity index (χ0v) is 15.9. The normalized spacial score (nSPS) is 18.6. The molecule has 1 unspecified atom stereocenters. The molecule has 2 aromatic rings. The average Bonchev–Trinajstić information content (AvgIpc) is 2.68. The Labute approximate surface area is 155 Å². The van der Waals surface area contributed by atoms with Gasteiger partial charge in [0.05, 0.1) is 10.9 Å². The number of carbonyl (C=O) groups excluding carboxylic acids is 1. The van der Waals surface area contributed by atoms with Gasteiger partial charge in [-0.25, -0.2) is 8.42 Å². The number of nitrogens with one attached hydrogen (secondary N) is 1. The van der Waals surface area contributed by atoms with Gasteiger partial charge in [0.2, 0.25) is 10.0 Å².